The number of halogens is 2. The van der Waals surface area contributed by atoms with Gasteiger partial charge in [0.25, 0.3) is 0 Å². The molecule has 13 nitrogen and oxygen atoms in total. The van der Waals surface area contributed by atoms with Crippen molar-refractivity contribution in [3.63, 3.8) is 0 Å². The fraction of sp³-hybridized carbons (Fsp3) is 0.535. The molecule has 0 radical (unpaired) electrons. The van der Waals surface area contributed by atoms with Crippen LogP contribution in [-0.2, 0) is 22.4 Å². The number of anilines is 4. The molecule has 3 aromatic rings. The summed E-state index contributed by atoms with van der Waals surface area (Å²) in [7, 11) is 1.90. The SMILES string of the molecule is C#Cc1c(F)ccc2c1N([C@H]1COc3c(nc(OC[C@]4(C)C[C@@H](F)CN4c4ccc(N5CCOC[C@H]5C)nc4)nc3N(C)C[C@@H]3CCCN3C(=O)C=C)C1)C[C@H](O)C2. The van der Waals surface area contributed by atoms with Crippen LogP contribution < -0.4 is 29.1 Å². The molecule has 2 aromatic heterocycles. The highest BCUT2D eigenvalue weighted by molar-refractivity contribution is 5.87. The molecular formula is C43H52F2N8O5. The van der Waals surface area contributed by atoms with Crippen LogP contribution in [0.1, 0.15) is 49.9 Å². The van der Waals surface area contributed by atoms with Gasteiger partial charge in [-0.25, -0.2) is 13.8 Å². The lowest BCUT2D eigenvalue weighted by atomic mass is 9.93. The second-order valence-electron chi connectivity index (χ2n) is 16.5. The van der Waals surface area contributed by atoms with E-state index in [0.717, 1.165) is 36.5 Å². The number of amides is 1. The van der Waals surface area contributed by atoms with Crippen LogP contribution in [0.5, 0.6) is 11.8 Å². The Balaban J connectivity index is 1.08. The van der Waals surface area contributed by atoms with Gasteiger partial charge in [0.2, 0.25) is 5.91 Å². The molecule has 7 heterocycles. The number of aromatic nitrogens is 3. The summed E-state index contributed by atoms with van der Waals surface area (Å²) in [5, 5.41) is 10.9. The monoisotopic (exact) mass is 798 g/mol. The third-order valence-electron chi connectivity index (χ3n) is 12.3. The highest BCUT2D eigenvalue weighted by Crippen LogP contribution is 2.41. The molecule has 0 saturated carbocycles. The molecule has 0 aliphatic carbocycles. The maximum absolute atomic E-state index is 15.3. The van der Waals surface area contributed by atoms with Gasteiger partial charge in [-0.2, -0.15) is 9.97 Å². The number of aliphatic hydroxyl groups is 1. The lowest BCUT2D eigenvalue weighted by molar-refractivity contribution is -0.126. The van der Waals surface area contributed by atoms with Gasteiger partial charge in [-0.1, -0.05) is 18.6 Å². The fourth-order valence-corrected chi connectivity index (χ4v) is 9.40. The van der Waals surface area contributed by atoms with E-state index >= 15 is 8.78 Å². The van der Waals surface area contributed by atoms with Crippen molar-refractivity contribution in [3.05, 3.63) is 65.8 Å². The number of terminal acetylenes is 1. The number of ether oxygens (including phenoxy) is 3. The van der Waals surface area contributed by atoms with Gasteiger partial charge in [0, 0.05) is 58.5 Å². The zero-order valence-electron chi connectivity index (χ0n) is 33.4. The molecule has 0 bridgehead atoms. The average molecular weight is 799 g/mol. The van der Waals surface area contributed by atoms with Gasteiger partial charge in [-0.05, 0) is 56.5 Å². The first kappa shape index (κ1) is 39.6. The second-order valence-corrected chi connectivity index (χ2v) is 16.5. The Morgan fingerprint density at radius 1 is 1.19 bits per heavy atom. The largest absolute Gasteiger partial charge is 0.486 e. The lowest BCUT2D eigenvalue weighted by Gasteiger charge is -2.42. The van der Waals surface area contributed by atoms with E-state index in [0.29, 0.717) is 62.1 Å². The number of pyridine rings is 1. The number of carbonyl (C=O) groups excluding carboxylic acids is 1. The van der Waals surface area contributed by atoms with Gasteiger partial charge in [-0.3, -0.25) is 4.79 Å². The summed E-state index contributed by atoms with van der Waals surface area (Å²) >= 11 is 0. The molecule has 0 spiro atoms. The summed E-state index contributed by atoms with van der Waals surface area (Å²) in [6.45, 7) is 11.7. The van der Waals surface area contributed by atoms with E-state index < -0.39 is 23.6 Å². The number of hydrogen-bond acceptors (Lipinski definition) is 12. The highest BCUT2D eigenvalue weighted by atomic mass is 19.1. The maximum atomic E-state index is 15.3. The number of morpholine rings is 1. The van der Waals surface area contributed by atoms with Crippen molar-refractivity contribution in [1.29, 1.82) is 0 Å². The number of hydrogen-bond donors (Lipinski definition) is 1. The van der Waals surface area contributed by atoms with Crippen LogP contribution in [0.15, 0.2) is 43.1 Å². The van der Waals surface area contributed by atoms with Crippen molar-refractivity contribution in [2.75, 3.05) is 85.8 Å². The number of β-amino-alcohol motifs (C(OH)–C–C–N with tert-alkyl or cyclic N) is 1. The summed E-state index contributed by atoms with van der Waals surface area (Å²) < 4.78 is 49.0. The Morgan fingerprint density at radius 3 is 2.79 bits per heavy atom. The lowest BCUT2D eigenvalue weighted by Crippen LogP contribution is -2.50. The summed E-state index contributed by atoms with van der Waals surface area (Å²) in [5.41, 5.74) is 2.11. The van der Waals surface area contributed by atoms with E-state index in [1.165, 1.54) is 12.1 Å². The number of rotatable bonds is 10. The first-order valence-electron chi connectivity index (χ1n) is 20.2. The Bertz CT molecular complexity index is 2070. The van der Waals surface area contributed by atoms with Gasteiger partial charge >= 0.3 is 6.01 Å². The zero-order valence-corrected chi connectivity index (χ0v) is 33.4. The number of fused-ring (bicyclic) bond motifs is 2. The van der Waals surface area contributed by atoms with Crippen molar-refractivity contribution < 1.29 is 32.9 Å². The molecule has 15 heteroatoms. The normalized spacial score (nSPS) is 26.7. The molecule has 1 aromatic carbocycles. The second kappa shape index (κ2) is 16.2. The van der Waals surface area contributed by atoms with Crippen LogP contribution in [0.25, 0.3) is 0 Å². The van der Waals surface area contributed by atoms with Crippen LogP contribution in [0.3, 0.4) is 0 Å². The van der Waals surface area contributed by atoms with Gasteiger partial charge in [0.1, 0.15) is 31.0 Å². The molecule has 0 unspecified atom stereocenters. The van der Waals surface area contributed by atoms with Gasteiger partial charge in [-0.15, -0.1) is 6.42 Å². The topological polar surface area (TPSA) is 120 Å². The van der Waals surface area contributed by atoms with E-state index in [4.69, 9.17) is 35.6 Å². The summed E-state index contributed by atoms with van der Waals surface area (Å²) in [6, 6.07) is 6.86. The molecule has 58 heavy (non-hydrogen) atoms. The standard InChI is InChI=1S/C43H52F2N8O5/c1-6-34-35(45)12-10-28-17-33(54)23-52(39(28)34)32-18-36-40(57-25-32)41(49(5)22-31-9-8-14-51(31)38(55)7-2)48-42(47-36)58-26-43(4)19-29(44)21-53(43)30-11-13-37(46-20-30)50-15-16-56-24-27(50)3/h1,7,10-13,20,27,29,31-33,54H,2,8-9,14-19,21-26H2,3-5H3/t27-,29-,31+,32-,33-,43+/m1/s1. The van der Waals surface area contributed by atoms with Crippen LogP contribution in [0.2, 0.25) is 0 Å². The van der Waals surface area contributed by atoms with Crippen LogP contribution in [-0.4, -0.2) is 133 Å². The van der Waals surface area contributed by atoms with Gasteiger partial charge in [0.05, 0.1) is 72.3 Å². The van der Waals surface area contributed by atoms with Crippen molar-refractivity contribution in [2.45, 2.75) is 81.9 Å². The van der Waals surface area contributed by atoms with Crippen molar-refractivity contribution in [1.82, 2.24) is 19.9 Å². The third kappa shape index (κ3) is 7.59. The van der Waals surface area contributed by atoms with E-state index in [-0.39, 0.29) is 68.3 Å². The molecule has 5 aliphatic heterocycles. The average Bonchev–Trinajstić information content (AvgIpc) is 3.81. The number of alkyl halides is 1. The highest BCUT2D eigenvalue weighted by Gasteiger charge is 2.44. The smallest absolute Gasteiger partial charge is 0.318 e. The maximum Gasteiger partial charge on any atom is 0.318 e. The third-order valence-corrected chi connectivity index (χ3v) is 12.3. The molecule has 8 rings (SSSR count). The number of likely N-dealkylation sites (N-methyl/N-ethyl adjacent to an activating group) is 1. The summed E-state index contributed by atoms with van der Waals surface area (Å²) in [6.07, 6.45) is 9.86. The number of nitrogens with zero attached hydrogens (tertiary/aromatic N) is 8. The quantitative estimate of drug-likeness (QED) is 0.237. The number of aliphatic hydroxyl groups excluding tert-OH is 1. The number of benzene rings is 1. The Morgan fingerprint density at radius 2 is 2.03 bits per heavy atom. The first-order valence-corrected chi connectivity index (χ1v) is 20.2. The predicted molar refractivity (Wildman–Crippen MR) is 217 cm³/mol. The predicted octanol–water partition coefficient (Wildman–Crippen LogP) is 3.94. The fourth-order valence-electron chi connectivity index (χ4n) is 9.40. The van der Waals surface area contributed by atoms with Crippen LogP contribution >= 0.6 is 0 Å². The Kier molecular flexibility index (Phi) is 11.1. The molecule has 6 atom stereocenters. The van der Waals surface area contributed by atoms with E-state index in [1.54, 1.807) is 12.3 Å². The molecular weight excluding hydrogens is 747 g/mol. The number of carbonyl (C=O) groups is 1. The molecule has 1 N–H and O–H groups in total. The molecule has 1 amide bonds. The first-order chi connectivity index (χ1) is 28.0. The minimum absolute atomic E-state index is 0.0656. The van der Waals surface area contributed by atoms with E-state index in [1.807, 2.05) is 45.7 Å². The molecule has 3 fully saturated rings. The molecule has 308 valence electrons. The zero-order chi connectivity index (χ0) is 40.7. The minimum atomic E-state index is -1.08. The Hall–Kier alpha value is -5.20. The van der Waals surface area contributed by atoms with Gasteiger partial charge in [0.15, 0.2) is 11.6 Å². The minimum Gasteiger partial charge on any atom is -0.486 e. The van der Waals surface area contributed by atoms with Crippen molar-refractivity contribution in [2.24, 2.45) is 0 Å². The molecule has 5 aliphatic rings. The van der Waals surface area contributed by atoms with Crippen LogP contribution in [0, 0.1) is 18.2 Å². The summed E-state index contributed by atoms with van der Waals surface area (Å²) in [4.78, 5) is 37.2. The Labute approximate surface area is 338 Å². The molecule has 3 saturated heterocycles. The van der Waals surface area contributed by atoms with E-state index in [9.17, 15) is 9.90 Å². The van der Waals surface area contributed by atoms with Gasteiger partial charge < -0.3 is 43.8 Å². The number of likely N-dealkylation sites (tertiary alicyclic amines) is 1. The van der Waals surface area contributed by atoms with Crippen LogP contribution in [0.4, 0.5) is 31.8 Å². The van der Waals surface area contributed by atoms with Crippen molar-refractivity contribution >= 4 is 28.9 Å². The summed E-state index contributed by atoms with van der Waals surface area (Å²) in [5.74, 6) is 3.75. The van der Waals surface area contributed by atoms with E-state index in [2.05, 4.69) is 24.3 Å². The van der Waals surface area contributed by atoms with Crippen molar-refractivity contribution in [3.8, 4) is 24.1 Å².